The van der Waals surface area contributed by atoms with Crippen molar-refractivity contribution in [2.45, 2.75) is 25.3 Å². The van der Waals surface area contributed by atoms with Crippen LogP contribution in [0.4, 0.5) is 14.5 Å². The SMILES string of the molecule is [2H]C([2H])([2H])NC(=O)c1ccc(N2CCN(Cc3ccc4nc(C5CC5)c(=O)[nH]c4c3F)CC2)c(F)n1. The quantitative estimate of drug-likeness (QED) is 0.571. The lowest BCUT2D eigenvalue weighted by molar-refractivity contribution is 0.0957. The number of fused-ring (bicyclic) bond motifs is 1. The van der Waals surface area contributed by atoms with Crippen molar-refractivity contribution in [3.63, 3.8) is 0 Å². The first kappa shape index (κ1) is 18.1. The molecule has 2 aliphatic rings. The fraction of sp³-hybridized carbons (Fsp3) is 0.391. The number of anilines is 1. The van der Waals surface area contributed by atoms with E-state index < -0.39 is 24.6 Å². The number of benzene rings is 1. The Morgan fingerprint density at radius 2 is 1.97 bits per heavy atom. The van der Waals surface area contributed by atoms with E-state index >= 15 is 4.39 Å². The van der Waals surface area contributed by atoms with Crippen LogP contribution in [0.5, 0.6) is 0 Å². The summed E-state index contributed by atoms with van der Waals surface area (Å²) in [6.45, 7) is -0.451. The molecule has 2 fully saturated rings. The van der Waals surface area contributed by atoms with E-state index in [0.29, 0.717) is 49.5 Å². The maximum atomic E-state index is 15.2. The maximum Gasteiger partial charge on any atom is 0.270 e. The predicted octanol–water partition coefficient (Wildman–Crippen LogP) is 2.16. The minimum Gasteiger partial charge on any atom is -0.365 e. The van der Waals surface area contributed by atoms with Crippen molar-refractivity contribution in [3.05, 3.63) is 63.3 Å². The van der Waals surface area contributed by atoms with Crippen molar-refractivity contribution >= 4 is 22.6 Å². The molecule has 1 aliphatic heterocycles. The molecule has 10 heteroatoms. The molecule has 1 aliphatic carbocycles. The van der Waals surface area contributed by atoms with Crippen LogP contribution in [-0.4, -0.2) is 58.9 Å². The summed E-state index contributed by atoms with van der Waals surface area (Å²) < 4.78 is 51.0. The third-order valence-corrected chi connectivity index (χ3v) is 6.16. The first-order valence-electron chi connectivity index (χ1n) is 12.3. The lowest BCUT2D eigenvalue weighted by atomic mass is 10.1. The Morgan fingerprint density at radius 3 is 2.67 bits per heavy atom. The number of piperazine rings is 1. The summed E-state index contributed by atoms with van der Waals surface area (Å²) in [5.74, 6) is -2.19. The van der Waals surface area contributed by atoms with Gasteiger partial charge in [-0.3, -0.25) is 14.5 Å². The second kappa shape index (κ2) is 8.51. The van der Waals surface area contributed by atoms with Gasteiger partial charge in [0.15, 0.2) is 5.82 Å². The van der Waals surface area contributed by atoms with Gasteiger partial charge >= 0.3 is 0 Å². The fourth-order valence-corrected chi connectivity index (χ4v) is 4.18. The Labute approximate surface area is 192 Å². The molecule has 0 spiro atoms. The van der Waals surface area contributed by atoms with Gasteiger partial charge in [-0.05, 0) is 31.0 Å². The molecule has 5 rings (SSSR count). The number of halogens is 2. The van der Waals surface area contributed by atoms with Crippen LogP contribution < -0.4 is 15.8 Å². The number of carbonyl (C=O) groups excluding carboxylic acids is 1. The molecule has 33 heavy (non-hydrogen) atoms. The summed E-state index contributed by atoms with van der Waals surface area (Å²) >= 11 is 0. The molecule has 1 amide bonds. The summed E-state index contributed by atoms with van der Waals surface area (Å²) in [7, 11) is 0. The molecule has 0 radical (unpaired) electrons. The molecule has 2 N–H and O–H groups in total. The van der Waals surface area contributed by atoms with Crippen molar-refractivity contribution in [1.29, 1.82) is 0 Å². The monoisotopic (exact) mass is 457 g/mol. The predicted molar refractivity (Wildman–Crippen MR) is 119 cm³/mol. The van der Waals surface area contributed by atoms with Gasteiger partial charge in [0.05, 0.1) is 11.2 Å². The second-order valence-electron chi connectivity index (χ2n) is 8.38. The van der Waals surface area contributed by atoms with Crippen LogP contribution in [0.3, 0.4) is 0 Å². The van der Waals surface area contributed by atoms with E-state index in [1.54, 1.807) is 22.3 Å². The number of nitrogens with one attached hydrogen (secondary N) is 2. The molecule has 0 bridgehead atoms. The Hall–Kier alpha value is -3.40. The van der Waals surface area contributed by atoms with E-state index in [-0.39, 0.29) is 28.4 Å². The smallest absolute Gasteiger partial charge is 0.270 e. The van der Waals surface area contributed by atoms with Crippen molar-refractivity contribution in [2.75, 3.05) is 38.1 Å². The lowest BCUT2D eigenvalue weighted by Gasteiger charge is -2.36. The third-order valence-electron chi connectivity index (χ3n) is 6.16. The molecule has 8 nitrogen and oxygen atoms in total. The molecule has 172 valence electrons. The topological polar surface area (TPSA) is 94.2 Å². The van der Waals surface area contributed by atoms with Gasteiger partial charge in [-0.15, -0.1) is 0 Å². The van der Waals surface area contributed by atoms with Crippen molar-refractivity contribution in [2.24, 2.45) is 0 Å². The standard InChI is InChI=1S/C23H24F2N6O2/c1-26-22(32)16-6-7-17(21(25)28-16)31-10-8-30(9-11-31)12-14-4-5-15-20(18(14)24)29-23(33)19(27-15)13-2-3-13/h4-7,13H,2-3,8-12H2,1H3,(H,26,32)(H,29,33)/i1D3. The zero-order chi connectivity index (χ0) is 25.6. The van der Waals surface area contributed by atoms with Crippen molar-refractivity contribution < 1.29 is 17.7 Å². The molecule has 3 aromatic rings. The number of rotatable bonds is 5. The van der Waals surface area contributed by atoms with Crippen LogP contribution in [0, 0.1) is 11.8 Å². The molecule has 0 atom stereocenters. The number of pyridine rings is 1. The van der Waals surface area contributed by atoms with Gasteiger partial charge in [0, 0.05) is 55.3 Å². The highest BCUT2D eigenvalue weighted by Crippen LogP contribution is 2.37. The summed E-state index contributed by atoms with van der Waals surface area (Å²) in [5.41, 5.74) is 0.982. The van der Waals surface area contributed by atoms with E-state index in [1.807, 2.05) is 4.90 Å². The maximum absolute atomic E-state index is 15.2. The van der Waals surface area contributed by atoms with Crippen LogP contribution in [-0.2, 0) is 6.54 Å². The summed E-state index contributed by atoms with van der Waals surface area (Å²) in [5, 5.41) is 1.78. The van der Waals surface area contributed by atoms with E-state index in [2.05, 4.69) is 15.0 Å². The van der Waals surface area contributed by atoms with E-state index in [4.69, 9.17) is 4.11 Å². The number of aromatic nitrogens is 3. The van der Waals surface area contributed by atoms with Crippen LogP contribution in [0.2, 0.25) is 0 Å². The van der Waals surface area contributed by atoms with Crippen LogP contribution >= 0.6 is 0 Å². The first-order chi connectivity index (χ1) is 17.1. The van der Waals surface area contributed by atoms with Gasteiger partial charge in [0.1, 0.15) is 16.9 Å². The minimum absolute atomic E-state index is 0.108. The summed E-state index contributed by atoms with van der Waals surface area (Å²) in [6.07, 6.45) is 1.86. The normalized spacial score (nSPS) is 18.6. The fourth-order valence-electron chi connectivity index (χ4n) is 4.18. The number of aromatic amines is 1. The molecular formula is C23H24F2N6O2. The van der Waals surface area contributed by atoms with E-state index in [1.165, 1.54) is 12.1 Å². The number of carbonyl (C=O) groups is 1. The number of nitrogens with zero attached hydrogens (tertiary/aromatic N) is 4. The molecule has 2 aromatic heterocycles. The minimum atomic E-state index is -2.69. The highest BCUT2D eigenvalue weighted by Gasteiger charge is 2.29. The van der Waals surface area contributed by atoms with Crippen molar-refractivity contribution in [3.8, 4) is 0 Å². The number of hydrogen-bond donors (Lipinski definition) is 2. The summed E-state index contributed by atoms with van der Waals surface area (Å²) in [4.78, 5) is 38.7. The highest BCUT2D eigenvalue weighted by atomic mass is 19.1. The average Bonchev–Trinajstić information content (AvgIpc) is 3.66. The summed E-state index contributed by atoms with van der Waals surface area (Å²) in [6, 6.07) is 6.07. The molecule has 0 unspecified atom stereocenters. The van der Waals surface area contributed by atoms with Crippen LogP contribution in [0.15, 0.2) is 29.1 Å². The Morgan fingerprint density at radius 1 is 1.18 bits per heavy atom. The average molecular weight is 457 g/mol. The zero-order valence-corrected chi connectivity index (χ0v) is 17.7. The van der Waals surface area contributed by atoms with Gasteiger partial charge in [0.25, 0.3) is 11.5 Å². The van der Waals surface area contributed by atoms with Crippen molar-refractivity contribution in [1.82, 2.24) is 25.2 Å². The highest BCUT2D eigenvalue weighted by molar-refractivity contribution is 5.92. The molecule has 1 saturated heterocycles. The van der Waals surface area contributed by atoms with Gasteiger partial charge in [-0.1, -0.05) is 6.07 Å². The molecular weight excluding hydrogens is 430 g/mol. The zero-order valence-electron chi connectivity index (χ0n) is 20.7. The largest absolute Gasteiger partial charge is 0.365 e. The lowest BCUT2D eigenvalue weighted by Crippen LogP contribution is -2.46. The van der Waals surface area contributed by atoms with Gasteiger partial charge in [-0.2, -0.15) is 4.39 Å². The Bertz CT molecular complexity index is 1380. The van der Waals surface area contributed by atoms with Crippen LogP contribution in [0.1, 0.15) is 44.6 Å². The van der Waals surface area contributed by atoms with Gasteiger partial charge < -0.3 is 15.2 Å². The molecule has 1 aromatic carbocycles. The van der Waals surface area contributed by atoms with Gasteiger partial charge in [0.2, 0.25) is 5.95 Å². The third kappa shape index (κ3) is 4.18. The number of H-pyrrole nitrogens is 1. The Kier molecular flexibility index (Phi) is 4.66. The first-order valence-corrected chi connectivity index (χ1v) is 10.8. The second-order valence-corrected chi connectivity index (χ2v) is 8.38. The van der Waals surface area contributed by atoms with Crippen LogP contribution in [0.25, 0.3) is 11.0 Å². The number of amides is 1. The number of hydrogen-bond acceptors (Lipinski definition) is 6. The van der Waals surface area contributed by atoms with E-state index in [0.717, 1.165) is 12.8 Å². The molecule has 1 saturated carbocycles. The van der Waals surface area contributed by atoms with Gasteiger partial charge in [-0.25, -0.2) is 14.4 Å². The van der Waals surface area contributed by atoms with E-state index in [9.17, 15) is 14.0 Å². The Balaban J connectivity index is 1.24. The molecule has 3 heterocycles.